The molecule has 2 unspecified atom stereocenters. The number of rotatable bonds is 5. The first-order chi connectivity index (χ1) is 9.82. The maximum Gasteiger partial charge on any atom is 0.237 e. The van der Waals surface area contributed by atoms with E-state index in [1.807, 2.05) is 32.9 Å². The molecule has 4 heteroatoms. The number of amides is 1. The van der Waals surface area contributed by atoms with Crippen LogP contribution in [-0.4, -0.2) is 23.6 Å². The number of hydrogen-bond donors (Lipinski definition) is 2. The highest BCUT2D eigenvalue weighted by Gasteiger charge is 2.45. The Labute approximate surface area is 127 Å². The minimum absolute atomic E-state index is 0.0326. The Kier molecular flexibility index (Phi) is 4.57. The summed E-state index contributed by atoms with van der Waals surface area (Å²) in [4.78, 5) is 11.9. The highest BCUT2D eigenvalue weighted by Crippen LogP contribution is 2.34. The van der Waals surface area contributed by atoms with Gasteiger partial charge in [0.1, 0.15) is 17.4 Å². The molecule has 4 nitrogen and oxygen atoms in total. The van der Waals surface area contributed by atoms with Crippen molar-refractivity contribution >= 4 is 5.91 Å². The van der Waals surface area contributed by atoms with Crippen LogP contribution < -0.4 is 15.8 Å². The molecule has 3 N–H and O–H groups in total. The summed E-state index contributed by atoms with van der Waals surface area (Å²) in [5.41, 5.74) is 7.35. The Morgan fingerprint density at radius 2 is 2.14 bits per heavy atom. The standard InChI is InChI=1S/C17H26N2O2/c1-11(2)19-17(16(18)20)8-7-14(10-17)21-15-6-5-12(3)9-13(15)4/h5-6,9,11,14,19H,7-8,10H2,1-4H3,(H2,18,20). The largest absolute Gasteiger partial charge is 0.490 e. The summed E-state index contributed by atoms with van der Waals surface area (Å²) >= 11 is 0. The number of carbonyl (C=O) groups is 1. The molecular weight excluding hydrogens is 264 g/mol. The van der Waals surface area contributed by atoms with E-state index < -0.39 is 5.54 Å². The number of nitrogens with two attached hydrogens (primary N) is 1. The van der Waals surface area contributed by atoms with E-state index in [2.05, 4.69) is 18.3 Å². The Hall–Kier alpha value is -1.55. The molecule has 1 aliphatic rings. The third-order valence-electron chi connectivity index (χ3n) is 4.13. The van der Waals surface area contributed by atoms with Gasteiger partial charge in [-0.25, -0.2) is 0 Å². The van der Waals surface area contributed by atoms with Crippen molar-refractivity contribution in [1.82, 2.24) is 5.32 Å². The summed E-state index contributed by atoms with van der Waals surface area (Å²) in [6, 6.07) is 6.38. The van der Waals surface area contributed by atoms with Crippen LogP contribution in [0.4, 0.5) is 0 Å². The molecule has 1 amide bonds. The lowest BCUT2D eigenvalue weighted by atomic mass is 9.95. The maximum atomic E-state index is 11.9. The van der Waals surface area contributed by atoms with E-state index in [1.54, 1.807) is 0 Å². The average molecular weight is 290 g/mol. The van der Waals surface area contributed by atoms with Crippen molar-refractivity contribution in [2.45, 2.75) is 64.6 Å². The molecule has 0 heterocycles. The van der Waals surface area contributed by atoms with Crippen molar-refractivity contribution in [2.75, 3.05) is 0 Å². The molecule has 0 radical (unpaired) electrons. The van der Waals surface area contributed by atoms with Crippen molar-refractivity contribution in [3.8, 4) is 5.75 Å². The summed E-state index contributed by atoms with van der Waals surface area (Å²) in [5, 5.41) is 3.34. The van der Waals surface area contributed by atoms with Crippen LogP contribution >= 0.6 is 0 Å². The fourth-order valence-electron chi connectivity index (χ4n) is 3.19. The molecule has 21 heavy (non-hydrogen) atoms. The van der Waals surface area contributed by atoms with Crippen molar-refractivity contribution in [3.63, 3.8) is 0 Å². The number of hydrogen-bond acceptors (Lipinski definition) is 3. The minimum Gasteiger partial charge on any atom is -0.490 e. The summed E-state index contributed by atoms with van der Waals surface area (Å²) in [6.07, 6.45) is 2.24. The van der Waals surface area contributed by atoms with Gasteiger partial charge in [-0.3, -0.25) is 4.79 Å². The number of primary amides is 1. The number of ether oxygens (including phenoxy) is 1. The molecule has 1 saturated carbocycles. The Balaban J connectivity index is 2.09. The van der Waals surface area contributed by atoms with E-state index in [9.17, 15) is 4.79 Å². The Morgan fingerprint density at radius 3 is 2.71 bits per heavy atom. The number of carbonyl (C=O) groups excluding carboxylic acids is 1. The SMILES string of the molecule is Cc1ccc(OC2CCC(NC(C)C)(C(N)=O)C2)c(C)c1. The maximum absolute atomic E-state index is 11.9. The van der Waals surface area contributed by atoms with Gasteiger partial charge in [0.05, 0.1) is 0 Å². The minimum atomic E-state index is -0.628. The summed E-state index contributed by atoms with van der Waals surface area (Å²) in [6.45, 7) is 8.17. The lowest BCUT2D eigenvalue weighted by Gasteiger charge is -2.29. The van der Waals surface area contributed by atoms with Gasteiger partial charge in [0.2, 0.25) is 5.91 Å². The Morgan fingerprint density at radius 1 is 1.43 bits per heavy atom. The topological polar surface area (TPSA) is 64.3 Å². The van der Waals surface area contributed by atoms with Crippen molar-refractivity contribution in [2.24, 2.45) is 5.73 Å². The van der Waals surface area contributed by atoms with E-state index in [0.717, 1.165) is 24.2 Å². The van der Waals surface area contributed by atoms with E-state index in [0.29, 0.717) is 6.42 Å². The zero-order valence-corrected chi connectivity index (χ0v) is 13.4. The highest BCUT2D eigenvalue weighted by atomic mass is 16.5. The van der Waals surface area contributed by atoms with Crippen LogP contribution in [0.2, 0.25) is 0 Å². The third-order valence-corrected chi connectivity index (χ3v) is 4.13. The second kappa shape index (κ2) is 6.06. The quantitative estimate of drug-likeness (QED) is 0.875. The van der Waals surface area contributed by atoms with Crippen LogP contribution in [0.3, 0.4) is 0 Å². The third kappa shape index (κ3) is 3.56. The molecular formula is C17H26N2O2. The molecule has 0 aliphatic heterocycles. The molecule has 2 atom stereocenters. The summed E-state index contributed by atoms with van der Waals surface area (Å²) in [5.74, 6) is 0.623. The van der Waals surface area contributed by atoms with Crippen molar-refractivity contribution < 1.29 is 9.53 Å². The van der Waals surface area contributed by atoms with Gasteiger partial charge in [0.15, 0.2) is 0 Å². The number of benzene rings is 1. The zero-order valence-electron chi connectivity index (χ0n) is 13.4. The molecule has 0 bridgehead atoms. The van der Waals surface area contributed by atoms with Gasteiger partial charge in [-0.05, 0) is 52.2 Å². The first-order valence-corrected chi connectivity index (χ1v) is 7.64. The molecule has 0 saturated heterocycles. The van der Waals surface area contributed by atoms with Gasteiger partial charge in [-0.1, -0.05) is 17.7 Å². The second-order valence-electron chi connectivity index (χ2n) is 6.50. The lowest BCUT2D eigenvalue weighted by molar-refractivity contribution is -0.124. The van der Waals surface area contributed by atoms with Gasteiger partial charge >= 0.3 is 0 Å². The highest BCUT2D eigenvalue weighted by molar-refractivity contribution is 5.85. The van der Waals surface area contributed by atoms with E-state index >= 15 is 0 Å². The fourth-order valence-corrected chi connectivity index (χ4v) is 3.19. The van der Waals surface area contributed by atoms with Gasteiger partial charge in [-0.2, -0.15) is 0 Å². The number of nitrogens with one attached hydrogen (secondary N) is 1. The monoisotopic (exact) mass is 290 g/mol. The first-order valence-electron chi connectivity index (χ1n) is 7.64. The van der Waals surface area contributed by atoms with E-state index in [-0.39, 0.29) is 18.1 Å². The molecule has 1 aromatic carbocycles. The fraction of sp³-hybridized carbons (Fsp3) is 0.588. The molecule has 0 aromatic heterocycles. The van der Waals surface area contributed by atoms with Crippen LogP contribution in [0.15, 0.2) is 18.2 Å². The van der Waals surface area contributed by atoms with Crippen LogP contribution in [0.5, 0.6) is 5.75 Å². The normalized spacial score (nSPS) is 25.3. The zero-order chi connectivity index (χ0) is 15.6. The van der Waals surface area contributed by atoms with E-state index in [1.165, 1.54) is 5.56 Å². The Bertz CT molecular complexity index is 528. The van der Waals surface area contributed by atoms with Crippen molar-refractivity contribution in [3.05, 3.63) is 29.3 Å². The number of aryl methyl sites for hydroxylation is 2. The smallest absolute Gasteiger partial charge is 0.237 e. The second-order valence-corrected chi connectivity index (χ2v) is 6.50. The predicted octanol–water partition coefficient (Wildman–Crippen LogP) is 2.46. The van der Waals surface area contributed by atoms with Gasteiger partial charge in [0, 0.05) is 12.5 Å². The molecule has 2 rings (SSSR count). The first kappa shape index (κ1) is 15.8. The molecule has 1 aromatic rings. The molecule has 1 aliphatic carbocycles. The van der Waals surface area contributed by atoms with Crippen LogP contribution in [-0.2, 0) is 4.79 Å². The molecule has 1 fully saturated rings. The summed E-state index contributed by atoms with van der Waals surface area (Å²) < 4.78 is 6.10. The molecule has 0 spiro atoms. The van der Waals surface area contributed by atoms with Crippen molar-refractivity contribution in [1.29, 1.82) is 0 Å². The van der Waals surface area contributed by atoms with Crippen LogP contribution in [0, 0.1) is 13.8 Å². The van der Waals surface area contributed by atoms with Gasteiger partial charge < -0.3 is 15.8 Å². The lowest BCUT2D eigenvalue weighted by Crippen LogP contribution is -2.56. The van der Waals surface area contributed by atoms with Crippen LogP contribution in [0.25, 0.3) is 0 Å². The van der Waals surface area contributed by atoms with Crippen LogP contribution in [0.1, 0.15) is 44.2 Å². The van der Waals surface area contributed by atoms with Gasteiger partial charge in [-0.15, -0.1) is 0 Å². The average Bonchev–Trinajstić information content (AvgIpc) is 2.76. The van der Waals surface area contributed by atoms with Gasteiger partial charge in [0.25, 0.3) is 0 Å². The molecule has 116 valence electrons. The summed E-state index contributed by atoms with van der Waals surface area (Å²) in [7, 11) is 0. The predicted molar refractivity (Wildman–Crippen MR) is 84.4 cm³/mol. The van der Waals surface area contributed by atoms with E-state index in [4.69, 9.17) is 10.5 Å².